The largest absolute Gasteiger partial charge is 0.493 e. The summed E-state index contributed by atoms with van der Waals surface area (Å²) in [5, 5.41) is 3.27. The van der Waals surface area contributed by atoms with Gasteiger partial charge in [0.25, 0.3) is 5.91 Å². The summed E-state index contributed by atoms with van der Waals surface area (Å²) in [5.41, 5.74) is 1.47. The number of hydrogen-bond acceptors (Lipinski definition) is 5. The van der Waals surface area contributed by atoms with Crippen LogP contribution < -0.4 is 24.3 Å². The monoisotopic (exact) mass is 391 g/mol. The van der Waals surface area contributed by atoms with Crippen molar-refractivity contribution in [3.05, 3.63) is 46.5 Å². The van der Waals surface area contributed by atoms with Crippen LogP contribution in [0.25, 0.3) is 0 Å². The number of carbonyl (C=O) groups excluding carboxylic acids is 1. The van der Waals surface area contributed by atoms with Gasteiger partial charge in [-0.15, -0.1) is 0 Å². The van der Waals surface area contributed by atoms with E-state index in [2.05, 4.69) is 5.32 Å². The number of rotatable bonds is 6. The molecule has 7 heteroatoms. The van der Waals surface area contributed by atoms with Crippen molar-refractivity contribution in [1.29, 1.82) is 0 Å². The fourth-order valence-corrected chi connectivity index (χ4v) is 3.09. The highest BCUT2D eigenvalue weighted by molar-refractivity contribution is 6.32. The Morgan fingerprint density at radius 3 is 2.67 bits per heavy atom. The first-order valence-corrected chi connectivity index (χ1v) is 9.08. The lowest BCUT2D eigenvalue weighted by molar-refractivity contribution is 0.0953. The second kappa shape index (κ2) is 8.86. The number of fused-ring (bicyclic) bond motifs is 1. The lowest BCUT2D eigenvalue weighted by Crippen LogP contribution is -2.25. The molecule has 0 radical (unpaired) electrons. The molecule has 0 aliphatic carbocycles. The molecule has 1 aliphatic rings. The second-order valence-electron chi connectivity index (χ2n) is 6.03. The Morgan fingerprint density at radius 1 is 1.11 bits per heavy atom. The number of amides is 1. The molecule has 1 amide bonds. The highest BCUT2D eigenvalue weighted by atomic mass is 35.5. The maximum absolute atomic E-state index is 12.5. The lowest BCUT2D eigenvalue weighted by Gasteiger charge is -2.12. The third-order valence-corrected chi connectivity index (χ3v) is 4.49. The predicted octanol–water partition coefficient (Wildman–Crippen LogP) is 3.49. The second-order valence-corrected chi connectivity index (χ2v) is 6.44. The third kappa shape index (κ3) is 4.57. The smallest absolute Gasteiger partial charge is 0.251 e. The van der Waals surface area contributed by atoms with Gasteiger partial charge in [0.05, 0.1) is 32.5 Å². The van der Waals surface area contributed by atoms with E-state index in [0.29, 0.717) is 59.8 Å². The summed E-state index contributed by atoms with van der Waals surface area (Å²) < 4.78 is 21.7. The number of ether oxygens (including phenoxy) is 4. The van der Waals surface area contributed by atoms with Crippen LogP contribution in [-0.2, 0) is 6.42 Å². The minimum absolute atomic E-state index is 0.215. The zero-order valence-corrected chi connectivity index (χ0v) is 16.1. The molecule has 27 heavy (non-hydrogen) atoms. The minimum atomic E-state index is -0.215. The number of benzene rings is 2. The zero-order valence-electron chi connectivity index (χ0n) is 15.3. The van der Waals surface area contributed by atoms with Crippen LogP contribution in [0.2, 0.25) is 5.02 Å². The molecule has 3 rings (SSSR count). The fourth-order valence-electron chi connectivity index (χ4n) is 2.82. The van der Waals surface area contributed by atoms with Crippen LogP contribution in [0.5, 0.6) is 23.0 Å². The van der Waals surface area contributed by atoms with Crippen LogP contribution in [0.15, 0.2) is 30.3 Å². The number of methoxy groups -OCH3 is 2. The van der Waals surface area contributed by atoms with Gasteiger partial charge in [-0.3, -0.25) is 4.79 Å². The van der Waals surface area contributed by atoms with Crippen molar-refractivity contribution in [2.45, 2.75) is 12.8 Å². The molecule has 0 aromatic heterocycles. The number of halogens is 1. The summed E-state index contributed by atoms with van der Waals surface area (Å²) >= 11 is 6.25. The molecule has 0 saturated carbocycles. The number of hydrogen-bond donors (Lipinski definition) is 1. The maximum atomic E-state index is 12.5. The summed E-state index contributed by atoms with van der Waals surface area (Å²) in [7, 11) is 3.19. The van der Waals surface area contributed by atoms with E-state index in [1.807, 2.05) is 18.2 Å². The molecular weight excluding hydrogens is 370 g/mol. The van der Waals surface area contributed by atoms with E-state index in [1.54, 1.807) is 26.4 Å². The molecule has 1 aliphatic heterocycles. The topological polar surface area (TPSA) is 66.0 Å². The first-order chi connectivity index (χ1) is 13.1. The van der Waals surface area contributed by atoms with Crippen molar-refractivity contribution >= 4 is 17.5 Å². The summed E-state index contributed by atoms with van der Waals surface area (Å²) in [6.07, 6.45) is 1.43. The Bertz CT molecular complexity index is 824. The van der Waals surface area contributed by atoms with E-state index in [4.69, 9.17) is 30.5 Å². The standard InChI is InChI=1S/C20H22ClNO5/c1-24-16-5-4-13(10-17(16)25-2)6-7-22-20(23)14-11-15(21)19-18(12-14)26-8-3-9-27-19/h4-5,10-12H,3,6-9H2,1-2H3,(H,22,23). The first-order valence-electron chi connectivity index (χ1n) is 8.70. The van der Waals surface area contributed by atoms with E-state index >= 15 is 0 Å². The predicted molar refractivity (Wildman–Crippen MR) is 103 cm³/mol. The Kier molecular flexibility index (Phi) is 6.29. The van der Waals surface area contributed by atoms with Crippen molar-refractivity contribution in [2.75, 3.05) is 34.0 Å². The highest BCUT2D eigenvalue weighted by Gasteiger charge is 2.18. The molecule has 144 valence electrons. The Balaban J connectivity index is 1.63. The van der Waals surface area contributed by atoms with Crippen molar-refractivity contribution in [3.63, 3.8) is 0 Å². The average Bonchev–Trinajstić information content (AvgIpc) is 2.93. The molecule has 0 spiro atoms. The van der Waals surface area contributed by atoms with Crippen LogP contribution in [0.3, 0.4) is 0 Å². The van der Waals surface area contributed by atoms with Crippen LogP contribution in [-0.4, -0.2) is 39.9 Å². The summed E-state index contributed by atoms with van der Waals surface area (Å²) in [6.45, 7) is 1.55. The molecule has 0 saturated heterocycles. The molecule has 6 nitrogen and oxygen atoms in total. The lowest BCUT2D eigenvalue weighted by atomic mass is 10.1. The third-order valence-electron chi connectivity index (χ3n) is 4.21. The van der Waals surface area contributed by atoms with Gasteiger partial charge in [0, 0.05) is 18.5 Å². The molecule has 0 bridgehead atoms. The van der Waals surface area contributed by atoms with E-state index in [1.165, 1.54) is 0 Å². The van der Waals surface area contributed by atoms with E-state index in [0.717, 1.165) is 12.0 Å². The molecule has 2 aromatic carbocycles. The van der Waals surface area contributed by atoms with Crippen molar-refractivity contribution in [3.8, 4) is 23.0 Å². The SMILES string of the molecule is COc1ccc(CCNC(=O)c2cc(Cl)c3c(c2)OCCCO3)cc1OC. The normalized spacial score (nSPS) is 12.9. The molecular formula is C20H22ClNO5. The minimum Gasteiger partial charge on any atom is -0.493 e. The van der Waals surface area contributed by atoms with Gasteiger partial charge < -0.3 is 24.3 Å². The van der Waals surface area contributed by atoms with Crippen molar-refractivity contribution < 1.29 is 23.7 Å². The van der Waals surface area contributed by atoms with Gasteiger partial charge in [-0.05, 0) is 36.2 Å². The molecule has 2 aromatic rings. The Morgan fingerprint density at radius 2 is 1.89 bits per heavy atom. The van der Waals surface area contributed by atoms with Crippen molar-refractivity contribution in [1.82, 2.24) is 5.32 Å². The highest BCUT2D eigenvalue weighted by Crippen LogP contribution is 2.38. The van der Waals surface area contributed by atoms with Gasteiger partial charge in [-0.25, -0.2) is 0 Å². The molecule has 0 unspecified atom stereocenters. The van der Waals surface area contributed by atoms with Crippen LogP contribution in [0, 0.1) is 0 Å². The van der Waals surface area contributed by atoms with Gasteiger partial charge in [0.15, 0.2) is 23.0 Å². The van der Waals surface area contributed by atoms with Gasteiger partial charge in [-0.1, -0.05) is 17.7 Å². The average molecular weight is 392 g/mol. The summed E-state index contributed by atoms with van der Waals surface area (Å²) in [6, 6.07) is 8.95. The number of carbonyl (C=O) groups is 1. The summed E-state index contributed by atoms with van der Waals surface area (Å²) in [5.74, 6) is 2.12. The molecule has 1 heterocycles. The van der Waals surface area contributed by atoms with Gasteiger partial charge in [0.2, 0.25) is 0 Å². The van der Waals surface area contributed by atoms with Gasteiger partial charge in [-0.2, -0.15) is 0 Å². The van der Waals surface area contributed by atoms with Crippen LogP contribution >= 0.6 is 11.6 Å². The van der Waals surface area contributed by atoms with Gasteiger partial charge in [0.1, 0.15) is 0 Å². The summed E-state index contributed by atoms with van der Waals surface area (Å²) in [4.78, 5) is 12.5. The zero-order chi connectivity index (χ0) is 19.2. The van der Waals surface area contributed by atoms with Crippen LogP contribution in [0.1, 0.15) is 22.3 Å². The maximum Gasteiger partial charge on any atom is 0.251 e. The van der Waals surface area contributed by atoms with Crippen LogP contribution in [0.4, 0.5) is 0 Å². The quantitative estimate of drug-likeness (QED) is 0.816. The number of nitrogens with one attached hydrogen (secondary N) is 1. The van der Waals surface area contributed by atoms with E-state index < -0.39 is 0 Å². The fraction of sp³-hybridized carbons (Fsp3) is 0.350. The Labute approximate surface area is 163 Å². The molecule has 1 N–H and O–H groups in total. The Hall–Kier alpha value is -2.60. The molecule has 0 fully saturated rings. The van der Waals surface area contributed by atoms with E-state index in [-0.39, 0.29) is 5.91 Å². The van der Waals surface area contributed by atoms with E-state index in [9.17, 15) is 4.79 Å². The van der Waals surface area contributed by atoms with Gasteiger partial charge >= 0.3 is 0 Å². The van der Waals surface area contributed by atoms with Crippen molar-refractivity contribution in [2.24, 2.45) is 0 Å². The first kappa shape index (κ1) is 19.2. The molecule has 0 atom stereocenters.